The SMILES string of the molecule is COc1ccccc1C(NC(=O)c1cccc(=O)[nH]1)c1ccco1. The first-order chi connectivity index (χ1) is 11.7. The number of para-hydroxylation sites is 1. The smallest absolute Gasteiger partial charge is 0.268 e. The first-order valence-corrected chi connectivity index (χ1v) is 7.35. The molecule has 2 N–H and O–H groups in total. The fourth-order valence-electron chi connectivity index (χ4n) is 2.45. The quantitative estimate of drug-likeness (QED) is 0.755. The second-order valence-corrected chi connectivity index (χ2v) is 5.09. The number of rotatable bonds is 5. The summed E-state index contributed by atoms with van der Waals surface area (Å²) in [6.45, 7) is 0. The summed E-state index contributed by atoms with van der Waals surface area (Å²) in [5, 5.41) is 2.87. The molecule has 0 saturated heterocycles. The lowest BCUT2D eigenvalue weighted by molar-refractivity contribution is 0.0933. The van der Waals surface area contributed by atoms with Gasteiger partial charge >= 0.3 is 0 Å². The lowest BCUT2D eigenvalue weighted by atomic mass is 10.0. The van der Waals surface area contributed by atoms with E-state index in [4.69, 9.17) is 9.15 Å². The van der Waals surface area contributed by atoms with Crippen LogP contribution < -0.4 is 15.6 Å². The summed E-state index contributed by atoms with van der Waals surface area (Å²) in [5.74, 6) is 0.770. The van der Waals surface area contributed by atoms with Gasteiger partial charge in [-0.1, -0.05) is 24.3 Å². The summed E-state index contributed by atoms with van der Waals surface area (Å²) >= 11 is 0. The summed E-state index contributed by atoms with van der Waals surface area (Å²) in [6, 6.07) is 14.7. The van der Waals surface area contributed by atoms with Crippen LogP contribution in [0.3, 0.4) is 0 Å². The van der Waals surface area contributed by atoms with Gasteiger partial charge in [0, 0.05) is 11.6 Å². The average Bonchev–Trinajstić information content (AvgIpc) is 3.14. The molecule has 1 amide bonds. The van der Waals surface area contributed by atoms with Crippen LogP contribution in [0.4, 0.5) is 0 Å². The highest BCUT2D eigenvalue weighted by molar-refractivity contribution is 5.92. The van der Waals surface area contributed by atoms with Crippen molar-refractivity contribution >= 4 is 5.91 Å². The van der Waals surface area contributed by atoms with E-state index in [1.165, 1.54) is 24.5 Å². The molecule has 0 radical (unpaired) electrons. The highest BCUT2D eigenvalue weighted by Gasteiger charge is 2.23. The second kappa shape index (κ2) is 6.87. The zero-order chi connectivity index (χ0) is 16.9. The molecule has 0 aliphatic heterocycles. The maximum absolute atomic E-state index is 12.5. The second-order valence-electron chi connectivity index (χ2n) is 5.09. The third-order valence-electron chi connectivity index (χ3n) is 3.57. The molecular weight excluding hydrogens is 308 g/mol. The summed E-state index contributed by atoms with van der Waals surface area (Å²) in [7, 11) is 1.56. The number of benzene rings is 1. The molecule has 6 heteroatoms. The number of pyridine rings is 1. The maximum Gasteiger partial charge on any atom is 0.268 e. The lowest BCUT2D eigenvalue weighted by Gasteiger charge is -2.19. The van der Waals surface area contributed by atoms with Gasteiger partial charge < -0.3 is 19.5 Å². The highest BCUT2D eigenvalue weighted by atomic mass is 16.5. The van der Waals surface area contributed by atoms with Gasteiger partial charge in [-0.3, -0.25) is 9.59 Å². The van der Waals surface area contributed by atoms with Crippen LogP contribution in [0.25, 0.3) is 0 Å². The molecule has 6 nitrogen and oxygen atoms in total. The molecule has 1 atom stereocenters. The molecule has 2 aromatic heterocycles. The molecule has 0 aliphatic carbocycles. The van der Waals surface area contributed by atoms with Crippen molar-refractivity contribution in [2.45, 2.75) is 6.04 Å². The monoisotopic (exact) mass is 324 g/mol. The molecule has 0 saturated carbocycles. The van der Waals surface area contributed by atoms with Gasteiger partial charge in [-0.15, -0.1) is 0 Å². The standard InChI is InChI=1S/C18H16N2O4/c1-23-14-8-3-2-6-12(14)17(15-9-5-11-24-15)20-18(22)13-7-4-10-16(21)19-13/h2-11,17H,1H3,(H,19,21)(H,20,22). The number of carbonyl (C=O) groups is 1. The number of hydrogen-bond donors (Lipinski definition) is 2. The Hall–Kier alpha value is -3.28. The Morgan fingerprint density at radius 1 is 1.12 bits per heavy atom. The van der Waals surface area contributed by atoms with Crippen LogP contribution in [0.5, 0.6) is 5.75 Å². The molecule has 1 aromatic carbocycles. The minimum absolute atomic E-state index is 0.175. The molecule has 0 spiro atoms. The van der Waals surface area contributed by atoms with Crippen molar-refractivity contribution in [3.63, 3.8) is 0 Å². The zero-order valence-corrected chi connectivity index (χ0v) is 13.0. The average molecular weight is 324 g/mol. The van der Waals surface area contributed by atoms with Gasteiger partial charge in [0.2, 0.25) is 5.56 Å². The highest BCUT2D eigenvalue weighted by Crippen LogP contribution is 2.30. The topological polar surface area (TPSA) is 84.3 Å². The van der Waals surface area contributed by atoms with Gasteiger partial charge in [0.15, 0.2) is 0 Å². The third-order valence-corrected chi connectivity index (χ3v) is 3.57. The van der Waals surface area contributed by atoms with E-state index in [9.17, 15) is 9.59 Å². The fraction of sp³-hybridized carbons (Fsp3) is 0.111. The number of furan rings is 1. The summed E-state index contributed by atoms with van der Waals surface area (Å²) in [4.78, 5) is 26.4. The van der Waals surface area contributed by atoms with E-state index in [0.717, 1.165) is 5.56 Å². The Morgan fingerprint density at radius 2 is 1.96 bits per heavy atom. The first kappa shape index (κ1) is 15.6. The number of hydrogen-bond acceptors (Lipinski definition) is 4. The van der Waals surface area contributed by atoms with E-state index >= 15 is 0 Å². The molecule has 3 rings (SSSR count). The van der Waals surface area contributed by atoms with Crippen LogP contribution in [-0.2, 0) is 0 Å². The number of methoxy groups -OCH3 is 1. The van der Waals surface area contributed by atoms with Crippen molar-refractivity contribution in [2.75, 3.05) is 7.11 Å². The van der Waals surface area contributed by atoms with Gasteiger partial charge in [-0.05, 0) is 24.3 Å². The van der Waals surface area contributed by atoms with Crippen molar-refractivity contribution in [3.8, 4) is 5.75 Å². The van der Waals surface area contributed by atoms with Gasteiger partial charge in [0.05, 0.1) is 13.4 Å². The van der Waals surface area contributed by atoms with Crippen molar-refractivity contribution in [1.29, 1.82) is 0 Å². The minimum Gasteiger partial charge on any atom is -0.496 e. The Morgan fingerprint density at radius 3 is 2.67 bits per heavy atom. The summed E-state index contributed by atoms with van der Waals surface area (Å²) in [5.41, 5.74) is 0.588. The van der Waals surface area contributed by atoms with Crippen LogP contribution in [0, 0.1) is 0 Å². The molecule has 122 valence electrons. The Labute approximate surface area is 138 Å². The largest absolute Gasteiger partial charge is 0.496 e. The number of aromatic nitrogens is 1. The molecule has 0 bridgehead atoms. The number of amides is 1. The maximum atomic E-state index is 12.5. The van der Waals surface area contributed by atoms with Gasteiger partial charge in [0.25, 0.3) is 5.91 Å². The normalized spacial score (nSPS) is 11.7. The number of carbonyl (C=O) groups excluding carboxylic acids is 1. The number of H-pyrrole nitrogens is 1. The summed E-state index contributed by atoms with van der Waals surface area (Å²) < 4.78 is 10.8. The van der Waals surface area contributed by atoms with Crippen molar-refractivity contribution in [3.05, 3.63) is 88.2 Å². The predicted molar refractivity (Wildman–Crippen MR) is 88.1 cm³/mol. The van der Waals surface area contributed by atoms with Crippen LogP contribution in [-0.4, -0.2) is 18.0 Å². The van der Waals surface area contributed by atoms with E-state index in [2.05, 4.69) is 10.3 Å². The molecular formula is C18H16N2O4. The van der Waals surface area contributed by atoms with Crippen LogP contribution in [0.15, 0.2) is 70.1 Å². The van der Waals surface area contributed by atoms with E-state index in [-0.39, 0.29) is 11.3 Å². The van der Waals surface area contributed by atoms with E-state index in [1.54, 1.807) is 19.2 Å². The van der Waals surface area contributed by atoms with Gasteiger partial charge in [-0.2, -0.15) is 0 Å². The Bertz CT molecular complexity index is 884. The number of ether oxygens (including phenoxy) is 1. The predicted octanol–water partition coefficient (Wildman–Crippen LogP) is 2.50. The van der Waals surface area contributed by atoms with Gasteiger partial charge in [-0.25, -0.2) is 0 Å². The number of aromatic amines is 1. The van der Waals surface area contributed by atoms with E-state index in [0.29, 0.717) is 11.5 Å². The van der Waals surface area contributed by atoms with Crippen molar-refractivity contribution < 1.29 is 13.9 Å². The van der Waals surface area contributed by atoms with E-state index < -0.39 is 11.9 Å². The van der Waals surface area contributed by atoms with Crippen molar-refractivity contribution in [1.82, 2.24) is 10.3 Å². The zero-order valence-electron chi connectivity index (χ0n) is 13.0. The van der Waals surface area contributed by atoms with E-state index in [1.807, 2.05) is 24.3 Å². The molecule has 3 aromatic rings. The minimum atomic E-state index is -0.549. The fourth-order valence-corrected chi connectivity index (χ4v) is 2.45. The Kier molecular flexibility index (Phi) is 4.47. The molecule has 0 aliphatic rings. The van der Waals surface area contributed by atoms with Crippen LogP contribution in [0.1, 0.15) is 27.9 Å². The van der Waals surface area contributed by atoms with Crippen LogP contribution in [0.2, 0.25) is 0 Å². The Balaban J connectivity index is 1.97. The molecule has 0 fully saturated rings. The molecule has 24 heavy (non-hydrogen) atoms. The molecule has 2 heterocycles. The molecule has 1 unspecified atom stereocenters. The van der Waals surface area contributed by atoms with Crippen LogP contribution >= 0.6 is 0 Å². The van der Waals surface area contributed by atoms with Gasteiger partial charge in [0.1, 0.15) is 23.2 Å². The summed E-state index contributed by atoms with van der Waals surface area (Å²) in [6.07, 6.45) is 1.54. The lowest BCUT2D eigenvalue weighted by Crippen LogP contribution is -2.31. The van der Waals surface area contributed by atoms with Crippen molar-refractivity contribution in [2.24, 2.45) is 0 Å². The third kappa shape index (κ3) is 3.22. The number of nitrogens with one attached hydrogen (secondary N) is 2. The first-order valence-electron chi connectivity index (χ1n) is 7.35.